The van der Waals surface area contributed by atoms with Crippen LogP contribution in [-0.4, -0.2) is 22.6 Å². The lowest BCUT2D eigenvalue weighted by Gasteiger charge is -2.05. The third-order valence-corrected chi connectivity index (χ3v) is 3.31. The second-order valence-electron chi connectivity index (χ2n) is 4.44. The zero-order valence-electron chi connectivity index (χ0n) is 12.0. The van der Waals surface area contributed by atoms with Crippen LogP contribution in [0.5, 0.6) is 0 Å². The van der Waals surface area contributed by atoms with E-state index in [9.17, 15) is 13.6 Å². The van der Waals surface area contributed by atoms with Crippen LogP contribution in [0.1, 0.15) is 16.2 Å². The van der Waals surface area contributed by atoms with Crippen LogP contribution in [0.2, 0.25) is 5.02 Å². The Hall–Kier alpha value is -2.27. The molecule has 1 aromatic heterocycles. The van der Waals surface area contributed by atoms with Gasteiger partial charge in [0.15, 0.2) is 0 Å². The fraction of sp³-hybridized carbons (Fsp3) is 0.125. The van der Waals surface area contributed by atoms with Gasteiger partial charge >= 0.3 is 0 Å². The number of aryl methyl sites for hydroxylation is 1. The number of hydrogen-bond donors (Lipinski definition) is 0. The molecule has 3 nitrogen and oxygen atoms in total. The zero-order valence-corrected chi connectivity index (χ0v) is 12.7. The van der Waals surface area contributed by atoms with Crippen LogP contribution < -0.4 is 0 Å². The number of rotatable bonds is 1. The monoisotopic (exact) mass is 322 g/mol. The standard InChI is InChI=1S/C15H10ClFN2O.CH3F/c1-9-18-13-8-11(16)4-7-14(13)19(9)15(20)10-2-5-12(17)6-3-10;1-2/h2-8H,1H3;1H3. The van der Waals surface area contributed by atoms with Crippen molar-refractivity contribution >= 4 is 28.5 Å². The van der Waals surface area contributed by atoms with Crippen LogP contribution in [0, 0.1) is 12.7 Å². The summed E-state index contributed by atoms with van der Waals surface area (Å²) in [5.41, 5.74) is 1.75. The number of benzene rings is 2. The highest BCUT2D eigenvalue weighted by Crippen LogP contribution is 2.21. The first-order valence-corrected chi connectivity index (χ1v) is 6.77. The number of alkyl halides is 1. The van der Waals surface area contributed by atoms with E-state index in [1.165, 1.54) is 28.8 Å². The van der Waals surface area contributed by atoms with Crippen molar-refractivity contribution in [3.63, 3.8) is 0 Å². The Bertz CT molecular complexity index is 813. The molecule has 2 aromatic carbocycles. The van der Waals surface area contributed by atoms with E-state index in [2.05, 4.69) is 4.98 Å². The van der Waals surface area contributed by atoms with Gasteiger partial charge in [0.1, 0.15) is 11.6 Å². The van der Waals surface area contributed by atoms with Gasteiger partial charge in [-0.1, -0.05) is 11.6 Å². The summed E-state index contributed by atoms with van der Waals surface area (Å²) in [7, 11) is 0.500. The number of fused-ring (bicyclic) bond motifs is 1. The average Bonchev–Trinajstić information content (AvgIpc) is 2.84. The minimum atomic E-state index is -0.374. The third kappa shape index (κ3) is 2.99. The van der Waals surface area contributed by atoms with E-state index < -0.39 is 0 Å². The van der Waals surface area contributed by atoms with Crippen molar-refractivity contribution in [2.75, 3.05) is 7.18 Å². The maximum Gasteiger partial charge on any atom is 0.263 e. The van der Waals surface area contributed by atoms with Gasteiger partial charge in [0.25, 0.3) is 5.91 Å². The molecule has 0 saturated heterocycles. The van der Waals surface area contributed by atoms with Gasteiger partial charge in [-0.2, -0.15) is 0 Å². The normalized spacial score (nSPS) is 10.2. The topological polar surface area (TPSA) is 34.9 Å². The number of halogens is 3. The van der Waals surface area contributed by atoms with Gasteiger partial charge in [-0.3, -0.25) is 13.8 Å². The molecule has 0 bridgehead atoms. The molecule has 0 saturated carbocycles. The molecule has 6 heteroatoms. The van der Waals surface area contributed by atoms with Gasteiger partial charge in [0, 0.05) is 10.6 Å². The Balaban J connectivity index is 0.000000847. The molecule has 22 heavy (non-hydrogen) atoms. The zero-order chi connectivity index (χ0) is 16.3. The van der Waals surface area contributed by atoms with Crippen molar-refractivity contribution in [2.24, 2.45) is 0 Å². The molecule has 0 spiro atoms. The first kappa shape index (κ1) is 16.1. The van der Waals surface area contributed by atoms with E-state index in [0.29, 0.717) is 34.6 Å². The summed E-state index contributed by atoms with van der Waals surface area (Å²) in [5, 5.41) is 0.566. The smallest absolute Gasteiger partial charge is 0.263 e. The highest BCUT2D eigenvalue weighted by Gasteiger charge is 2.16. The highest BCUT2D eigenvalue weighted by molar-refractivity contribution is 6.31. The number of imidazole rings is 1. The Labute approximate surface area is 131 Å². The summed E-state index contributed by atoms with van der Waals surface area (Å²) >= 11 is 5.92. The molecule has 0 N–H and O–H groups in total. The van der Waals surface area contributed by atoms with Crippen molar-refractivity contribution in [1.82, 2.24) is 9.55 Å². The minimum Gasteiger partial charge on any atom is -0.268 e. The maximum atomic E-state index is 12.9. The third-order valence-electron chi connectivity index (χ3n) is 3.08. The fourth-order valence-electron chi connectivity index (χ4n) is 2.15. The van der Waals surface area contributed by atoms with Crippen molar-refractivity contribution in [3.05, 3.63) is 64.7 Å². The van der Waals surface area contributed by atoms with Crippen molar-refractivity contribution in [3.8, 4) is 0 Å². The summed E-state index contributed by atoms with van der Waals surface area (Å²) in [4.78, 5) is 16.8. The molecular weight excluding hydrogens is 310 g/mol. The first-order valence-electron chi connectivity index (χ1n) is 6.39. The lowest BCUT2D eigenvalue weighted by atomic mass is 10.2. The quantitative estimate of drug-likeness (QED) is 0.665. The molecule has 114 valence electrons. The molecule has 0 aliphatic carbocycles. The Kier molecular flexibility index (Phi) is 4.88. The molecule has 3 aromatic rings. The van der Waals surface area contributed by atoms with E-state index >= 15 is 0 Å². The molecule has 0 atom stereocenters. The fourth-order valence-corrected chi connectivity index (χ4v) is 2.32. The lowest BCUT2D eigenvalue weighted by molar-refractivity contribution is 0.0962. The number of carbonyl (C=O) groups excluding carboxylic acids is 1. The summed E-state index contributed by atoms with van der Waals surface area (Å²) in [5.74, 6) is -0.0514. The van der Waals surface area contributed by atoms with E-state index in [0.717, 1.165) is 0 Å². The second-order valence-corrected chi connectivity index (χ2v) is 4.88. The van der Waals surface area contributed by atoms with Crippen molar-refractivity contribution < 1.29 is 13.6 Å². The second kappa shape index (κ2) is 6.66. The summed E-state index contributed by atoms with van der Waals surface area (Å²) in [6.45, 7) is 1.75. The van der Waals surface area contributed by atoms with E-state index in [1.54, 1.807) is 25.1 Å². The molecule has 0 aliphatic rings. The molecule has 0 fully saturated rings. The Morgan fingerprint density at radius 1 is 1.14 bits per heavy atom. The highest BCUT2D eigenvalue weighted by atomic mass is 35.5. The van der Waals surface area contributed by atoms with Crippen LogP contribution in [0.3, 0.4) is 0 Å². The van der Waals surface area contributed by atoms with E-state index in [1.807, 2.05) is 0 Å². The minimum absolute atomic E-state index is 0.243. The number of hydrogen-bond acceptors (Lipinski definition) is 2. The average molecular weight is 323 g/mol. The van der Waals surface area contributed by atoms with Gasteiger partial charge in [0.05, 0.1) is 18.2 Å². The molecule has 0 aliphatic heterocycles. The molecule has 1 heterocycles. The molecular formula is C16H13ClF2N2O. The molecule has 3 rings (SSSR count). The van der Waals surface area contributed by atoms with Crippen LogP contribution in [0.25, 0.3) is 11.0 Å². The maximum absolute atomic E-state index is 12.9. The van der Waals surface area contributed by atoms with Gasteiger partial charge < -0.3 is 0 Å². The van der Waals surface area contributed by atoms with Crippen LogP contribution >= 0.6 is 11.6 Å². The van der Waals surface area contributed by atoms with Crippen molar-refractivity contribution in [1.29, 1.82) is 0 Å². The molecule has 0 amide bonds. The van der Waals surface area contributed by atoms with Gasteiger partial charge in [0.2, 0.25) is 0 Å². The van der Waals surface area contributed by atoms with E-state index in [-0.39, 0.29) is 11.7 Å². The molecule has 0 unspecified atom stereocenters. The summed E-state index contributed by atoms with van der Waals surface area (Å²) < 4.78 is 23.9. The predicted octanol–water partition coefficient (Wildman–Crippen LogP) is 4.41. The van der Waals surface area contributed by atoms with Crippen LogP contribution in [-0.2, 0) is 0 Å². The first-order chi connectivity index (χ1) is 10.6. The summed E-state index contributed by atoms with van der Waals surface area (Å²) in [6, 6.07) is 10.6. The van der Waals surface area contributed by atoms with Crippen LogP contribution in [0.4, 0.5) is 8.78 Å². The summed E-state index contributed by atoms with van der Waals surface area (Å²) in [6.07, 6.45) is 0. The SMILES string of the molecule is CF.Cc1nc2cc(Cl)ccc2n1C(=O)c1ccc(F)cc1. The van der Waals surface area contributed by atoms with Crippen molar-refractivity contribution in [2.45, 2.75) is 6.92 Å². The molecule has 0 radical (unpaired) electrons. The van der Waals surface area contributed by atoms with E-state index in [4.69, 9.17) is 11.6 Å². The van der Waals surface area contributed by atoms with Gasteiger partial charge in [-0.05, 0) is 49.4 Å². The number of aromatic nitrogens is 2. The predicted molar refractivity (Wildman–Crippen MR) is 82.6 cm³/mol. The van der Waals surface area contributed by atoms with Gasteiger partial charge in [-0.15, -0.1) is 0 Å². The largest absolute Gasteiger partial charge is 0.268 e. The lowest BCUT2D eigenvalue weighted by Crippen LogP contribution is -2.13. The van der Waals surface area contributed by atoms with Crippen LogP contribution in [0.15, 0.2) is 42.5 Å². The number of nitrogens with zero attached hydrogens (tertiary/aromatic N) is 2. The Morgan fingerprint density at radius 2 is 1.77 bits per heavy atom. The Morgan fingerprint density at radius 3 is 2.41 bits per heavy atom. The number of carbonyl (C=O) groups is 1. The van der Waals surface area contributed by atoms with Gasteiger partial charge in [-0.25, -0.2) is 9.37 Å².